The number of rotatable bonds is 5. The van der Waals surface area contributed by atoms with E-state index in [2.05, 4.69) is 6.92 Å². The van der Waals surface area contributed by atoms with Gasteiger partial charge in [-0.3, -0.25) is 0 Å². The quantitative estimate of drug-likeness (QED) is 0.513. The summed E-state index contributed by atoms with van der Waals surface area (Å²) in [7, 11) is 0. The second-order valence-electron chi connectivity index (χ2n) is 1.91. The molecule has 0 aliphatic carbocycles. The normalized spacial score (nSPS) is 7.60. The van der Waals surface area contributed by atoms with Crippen molar-refractivity contribution in [2.45, 2.75) is 32.6 Å². The molecule has 0 amide bonds. The van der Waals surface area contributed by atoms with Gasteiger partial charge in [-0.2, -0.15) is 0 Å². The van der Waals surface area contributed by atoms with Gasteiger partial charge in [-0.05, 0) is 0 Å². The second-order valence-corrected chi connectivity index (χ2v) is 2.36. The van der Waals surface area contributed by atoms with Gasteiger partial charge >= 0.3 is 63.4 Å². The van der Waals surface area contributed by atoms with E-state index in [0.29, 0.717) is 0 Å². The fraction of sp³-hybridized carbons (Fsp3) is 1.00. The van der Waals surface area contributed by atoms with Crippen molar-refractivity contribution in [2.24, 2.45) is 0 Å². The van der Waals surface area contributed by atoms with Crippen molar-refractivity contribution in [2.75, 3.05) is 6.61 Å². The molecule has 1 nitrogen and oxygen atoms in total. The maximum Gasteiger partial charge on any atom is -0.147 e. The molecule has 0 aromatic heterocycles. The molecule has 0 atom stereocenters. The van der Waals surface area contributed by atoms with Gasteiger partial charge in [0.25, 0.3) is 0 Å². The van der Waals surface area contributed by atoms with Gasteiger partial charge in [0.2, 0.25) is 0 Å². The number of hydrogen-bond acceptors (Lipinski definition) is 1. The van der Waals surface area contributed by atoms with Gasteiger partial charge in [-0.25, -0.2) is 0 Å². The standard InChI is InChI=1S/C6H13O.2ClH.Ti/c1-2-3-4-5-6-7;;;/h2-6H2,1H3;2*1H;/q-1;;;+1. The van der Waals surface area contributed by atoms with E-state index in [4.69, 9.17) is 3.32 Å². The first-order chi connectivity index (χ1) is 3.91. The molecule has 0 heterocycles. The molecule has 0 aliphatic rings. The van der Waals surface area contributed by atoms with Crippen molar-refractivity contribution in [3.63, 3.8) is 0 Å². The van der Waals surface area contributed by atoms with Gasteiger partial charge < -0.3 is 0 Å². The van der Waals surface area contributed by atoms with E-state index in [-0.39, 0.29) is 24.8 Å². The number of halogens is 2. The van der Waals surface area contributed by atoms with Crippen LogP contribution in [0.15, 0.2) is 0 Å². The zero-order chi connectivity index (χ0) is 6.24. The van der Waals surface area contributed by atoms with Crippen LogP contribution in [0.2, 0.25) is 0 Å². The number of unbranched alkanes of at least 4 members (excludes halogenated alkanes) is 3. The minimum Gasteiger partial charge on any atom is -0.147 e. The van der Waals surface area contributed by atoms with Crippen molar-refractivity contribution in [1.29, 1.82) is 0 Å². The van der Waals surface area contributed by atoms with Crippen LogP contribution in [0.25, 0.3) is 0 Å². The monoisotopic (exact) mass is 221 g/mol. The Bertz CT molecular complexity index is 40.7. The maximum atomic E-state index is 4.89. The van der Waals surface area contributed by atoms with E-state index in [0.717, 1.165) is 6.61 Å². The number of hydrogen-bond donors (Lipinski definition) is 0. The predicted octanol–water partition coefficient (Wildman–Crippen LogP) is 2.89. The van der Waals surface area contributed by atoms with Gasteiger partial charge in [-0.15, -0.1) is 24.8 Å². The second kappa shape index (κ2) is 16.7. The molecule has 0 aromatic rings. The molecule has 0 aliphatic heterocycles. The van der Waals surface area contributed by atoms with E-state index in [1.807, 2.05) is 0 Å². The Morgan fingerprint density at radius 1 is 1.10 bits per heavy atom. The molecule has 10 heavy (non-hydrogen) atoms. The van der Waals surface area contributed by atoms with Crippen LogP contribution in [0.5, 0.6) is 0 Å². The summed E-state index contributed by atoms with van der Waals surface area (Å²) in [5, 5.41) is 0. The Kier molecular flexibility index (Phi) is 29.0. The first kappa shape index (κ1) is 17.4. The molecular formula is C6H15Cl2OTi. The molecule has 0 rings (SSSR count). The van der Waals surface area contributed by atoms with Gasteiger partial charge in [-0.1, -0.05) is 0 Å². The molecule has 0 N–H and O–H groups in total. The largest absolute Gasteiger partial charge is 0.147 e. The third-order valence-corrected chi connectivity index (χ3v) is 1.42. The minimum atomic E-state index is 0. The maximum absolute atomic E-state index is 4.89. The summed E-state index contributed by atoms with van der Waals surface area (Å²) in [6.45, 7) is 3.15. The molecule has 63 valence electrons. The first-order valence-corrected chi connectivity index (χ1v) is 3.84. The summed E-state index contributed by atoms with van der Waals surface area (Å²) in [4.78, 5) is 0. The minimum absolute atomic E-state index is 0. The van der Waals surface area contributed by atoms with Crippen molar-refractivity contribution in [3.05, 3.63) is 0 Å². The third-order valence-electron chi connectivity index (χ3n) is 1.10. The molecule has 0 aromatic carbocycles. The van der Waals surface area contributed by atoms with Gasteiger partial charge in [0.05, 0.1) is 0 Å². The zero-order valence-corrected chi connectivity index (χ0v) is 9.45. The topological polar surface area (TPSA) is 9.23 Å². The summed E-state index contributed by atoms with van der Waals surface area (Å²) >= 11 is 1.76. The molecule has 4 heteroatoms. The van der Waals surface area contributed by atoms with Gasteiger partial charge in [0.15, 0.2) is 0 Å². The molecule has 0 saturated carbocycles. The molecule has 0 radical (unpaired) electrons. The van der Waals surface area contributed by atoms with Crippen LogP contribution in [0.4, 0.5) is 0 Å². The smallest absolute Gasteiger partial charge is 0.147 e. The van der Waals surface area contributed by atoms with Crippen molar-refractivity contribution in [3.8, 4) is 0 Å². The zero-order valence-electron chi connectivity index (χ0n) is 6.26. The Hall–Kier alpha value is 1.25. The summed E-state index contributed by atoms with van der Waals surface area (Å²) in [6.07, 6.45) is 5.21. The average Bonchev–Trinajstić information content (AvgIpc) is 1.81. The molecule has 0 unspecified atom stereocenters. The van der Waals surface area contributed by atoms with Crippen LogP contribution >= 0.6 is 24.8 Å². The molecular weight excluding hydrogens is 207 g/mol. The van der Waals surface area contributed by atoms with Crippen molar-refractivity contribution in [1.82, 2.24) is 0 Å². The Labute approximate surface area is 88.0 Å². The van der Waals surface area contributed by atoms with E-state index in [9.17, 15) is 0 Å². The summed E-state index contributed by atoms with van der Waals surface area (Å²) in [6, 6.07) is 0. The summed E-state index contributed by atoms with van der Waals surface area (Å²) in [5.74, 6) is 0. The molecule has 0 fully saturated rings. The molecule has 0 saturated heterocycles. The van der Waals surface area contributed by atoms with Crippen molar-refractivity contribution < 1.29 is 24.1 Å². The van der Waals surface area contributed by atoms with Crippen LogP contribution < -0.4 is 0 Å². The van der Waals surface area contributed by atoms with Crippen molar-refractivity contribution >= 4 is 24.8 Å². The van der Waals surface area contributed by atoms with Crippen LogP contribution in [-0.4, -0.2) is 6.61 Å². The molecule has 0 spiro atoms. The Morgan fingerprint density at radius 3 is 2.10 bits per heavy atom. The Morgan fingerprint density at radius 2 is 1.70 bits per heavy atom. The van der Waals surface area contributed by atoms with E-state index in [1.54, 1.807) is 20.8 Å². The fourth-order valence-corrected chi connectivity index (χ4v) is 0.826. The summed E-state index contributed by atoms with van der Waals surface area (Å²) in [5.41, 5.74) is 0. The summed E-state index contributed by atoms with van der Waals surface area (Å²) < 4.78 is 4.89. The van der Waals surface area contributed by atoms with Gasteiger partial charge in [0.1, 0.15) is 0 Å². The average molecular weight is 222 g/mol. The third kappa shape index (κ3) is 16.1. The van der Waals surface area contributed by atoms with Gasteiger partial charge in [0, 0.05) is 0 Å². The van der Waals surface area contributed by atoms with Crippen LogP contribution in [-0.2, 0) is 24.1 Å². The molecule has 0 bridgehead atoms. The fourth-order valence-electron chi connectivity index (χ4n) is 0.601. The van der Waals surface area contributed by atoms with E-state index >= 15 is 0 Å². The first-order valence-electron chi connectivity index (χ1n) is 3.20. The van der Waals surface area contributed by atoms with E-state index in [1.165, 1.54) is 25.7 Å². The predicted molar refractivity (Wildman–Crippen MR) is 44.6 cm³/mol. The Balaban J connectivity index is -0.000000245. The van der Waals surface area contributed by atoms with Crippen LogP contribution in [0.3, 0.4) is 0 Å². The SMILES string of the molecule is CCCCCC[O][Ti].Cl.Cl. The van der Waals surface area contributed by atoms with Crippen LogP contribution in [0, 0.1) is 0 Å². The van der Waals surface area contributed by atoms with Crippen LogP contribution in [0.1, 0.15) is 32.6 Å². The van der Waals surface area contributed by atoms with E-state index < -0.39 is 0 Å².